The van der Waals surface area contributed by atoms with E-state index in [0.29, 0.717) is 22.7 Å². The lowest BCUT2D eigenvalue weighted by molar-refractivity contribution is -0.274. The van der Waals surface area contributed by atoms with Crippen LogP contribution in [-0.2, 0) is 0 Å². The van der Waals surface area contributed by atoms with Gasteiger partial charge in [-0.1, -0.05) is 12.1 Å². The number of H-pyrrole nitrogens is 1. The van der Waals surface area contributed by atoms with E-state index in [-0.39, 0.29) is 17.8 Å². The van der Waals surface area contributed by atoms with Crippen molar-refractivity contribution in [2.75, 3.05) is 5.32 Å². The SMILES string of the molecule is NC1CCC(Nc2nccc3[nH]c(-c4cccc(OC(F)(F)F)c4)nc23)CC1. The number of nitrogens with zero attached hydrogens (tertiary/aromatic N) is 2. The van der Waals surface area contributed by atoms with Gasteiger partial charge in [0, 0.05) is 23.8 Å². The number of anilines is 1. The number of alkyl halides is 3. The molecular formula is C19H20F3N5O. The van der Waals surface area contributed by atoms with Crippen molar-refractivity contribution in [3.63, 3.8) is 0 Å². The third-order valence-corrected chi connectivity index (χ3v) is 4.85. The van der Waals surface area contributed by atoms with Crippen molar-refractivity contribution in [1.29, 1.82) is 0 Å². The third-order valence-electron chi connectivity index (χ3n) is 4.85. The standard InChI is InChI=1S/C19H20F3N5O/c20-19(21,22)28-14-3-1-2-11(10-14)17-26-15-8-9-24-18(16(15)27-17)25-13-6-4-12(23)5-7-13/h1-3,8-10,12-13H,4-7,23H2,(H,24,25)(H,26,27). The molecule has 0 spiro atoms. The molecule has 1 aromatic carbocycles. The monoisotopic (exact) mass is 391 g/mol. The van der Waals surface area contributed by atoms with Gasteiger partial charge in [0.25, 0.3) is 0 Å². The highest BCUT2D eigenvalue weighted by Crippen LogP contribution is 2.30. The highest BCUT2D eigenvalue weighted by Gasteiger charge is 2.31. The average Bonchev–Trinajstić information content (AvgIpc) is 3.08. The van der Waals surface area contributed by atoms with Crippen molar-refractivity contribution in [2.24, 2.45) is 5.73 Å². The summed E-state index contributed by atoms with van der Waals surface area (Å²) in [5.74, 6) is 0.813. The van der Waals surface area contributed by atoms with Crippen LogP contribution in [0, 0.1) is 0 Å². The number of fused-ring (bicyclic) bond motifs is 1. The van der Waals surface area contributed by atoms with Crippen molar-refractivity contribution >= 4 is 16.9 Å². The summed E-state index contributed by atoms with van der Waals surface area (Å²) in [7, 11) is 0. The maximum Gasteiger partial charge on any atom is 0.573 e. The highest BCUT2D eigenvalue weighted by atomic mass is 19.4. The maximum atomic E-state index is 12.5. The fraction of sp³-hybridized carbons (Fsp3) is 0.368. The van der Waals surface area contributed by atoms with E-state index in [2.05, 4.69) is 25.0 Å². The third kappa shape index (κ3) is 4.19. The topological polar surface area (TPSA) is 88.8 Å². The van der Waals surface area contributed by atoms with Crippen LogP contribution in [0.1, 0.15) is 25.7 Å². The van der Waals surface area contributed by atoms with Gasteiger partial charge in [0.2, 0.25) is 0 Å². The van der Waals surface area contributed by atoms with Gasteiger partial charge < -0.3 is 20.8 Å². The molecule has 1 aliphatic carbocycles. The molecule has 1 aliphatic rings. The Labute approximate surface area is 159 Å². The summed E-state index contributed by atoms with van der Waals surface area (Å²) >= 11 is 0. The Morgan fingerprint density at radius 2 is 1.93 bits per heavy atom. The molecule has 148 valence electrons. The van der Waals surface area contributed by atoms with E-state index in [9.17, 15) is 13.2 Å². The number of imidazole rings is 1. The summed E-state index contributed by atoms with van der Waals surface area (Å²) in [6, 6.07) is 8.03. The minimum Gasteiger partial charge on any atom is -0.406 e. The van der Waals surface area contributed by atoms with Crippen molar-refractivity contribution < 1.29 is 17.9 Å². The summed E-state index contributed by atoms with van der Waals surface area (Å²) in [4.78, 5) is 12.1. The predicted octanol–water partition coefficient (Wildman–Crippen LogP) is 4.21. The van der Waals surface area contributed by atoms with Gasteiger partial charge in [-0.15, -0.1) is 13.2 Å². The molecule has 0 atom stereocenters. The lowest BCUT2D eigenvalue weighted by Crippen LogP contribution is -2.33. The summed E-state index contributed by atoms with van der Waals surface area (Å²) in [5, 5.41) is 3.43. The fourth-order valence-electron chi connectivity index (χ4n) is 3.48. The highest BCUT2D eigenvalue weighted by molar-refractivity contribution is 5.88. The van der Waals surface area contributed by atoms with Gasteiger partial charge in [0.1, 0.15) is 17.1 Å². The first kappa shape index (κ1) is 18.5. The van der Waals surface area contributed by atoms with E-state index < -0.39 is 6.36 Å². The van der Waals surface area contributed by atoms with E-state index in [4.69, 9.17) is 5.73 Å². The van der Waals surface area contributed by atoms with Crippen LogP contribution in [-0.4, -0.2) is 33.4 Å². The van der Waals surface area contributed by atoms with Crippen LogP contribution in [0.5, 0.6) is 5.75 Å². The lowest BCUT2D eigenvalue weighted by Gasteiger charge is -2.27. The molecule has 4 N–H and O–H groups in total. The zero-order valence-electron chi connectivity index (χ0n) is 15.0. The summed E-state index contributed by atoms with van der Waals surface area (Å²) in [6.07, 6.45) is 0.790. The maximum absolute atomic E-state index is 12.5. The Kier molecular flexibility index (Phi) is 4.84. The molecule has 0 bridgehead atoms. The van der Waals surface area contributed by atoms with E-state index in [0.717, 1.165) is 31.2 Å². The number of halogens is 3. The minimum atomic E-state index is -4.74. The second-order valence-corrected chi connectivity index (χ2v) is 6.97. The molecule has 1 saturated carbocycles. The molecular weight excluding hydrogens is 371 g/mol. The van der Waals surface area contributed by atoms with Gasteiger partial charge in [-0.2, -0.15) is 0 Å². The number of rotatable bonds is 4. The summed E-state index contributed by atoms with van der Waals surface area (Å²) < 4.78 is 41.4. The Balaban J connectivity index is 1.61. The minimum absolute atomic E-state index is 0.255. The van der Waals surface area contributed by atoms with E-state index in [1.807, 2.05) is 0 Å². The molecule has 0 radical (unpaired) electrons. The number of aromatic amines is 1. The molecule has 6 nitrogen and oxygen atoms in total. The lowest BCUT2D eigenvalue weighted by atomic mass is 9.92. The van der Waals surface area contributed by atoms with Gasteiger partial charge in [-0.05, 0) is 43.9 Å². The molecule has 0 saturated heterocycles. The van der Waals surface area contributed by atoms with Gasteiger partial charge in [-0.3, -0.25) is 0 Å². The van der Waals surface area contributed by atoms with Gasteiger partial charge >= 0.3 is 6.36 Å². The Morgan fingerprint density at radius 1 is 1.14 bits per heavy atom. The molecule has 28 heavy (non-hydrogen) atoms. The van der Waals surface area contributed by atoms with Crippen LogP contribution < -0.4 is 15.8 Å². The second kappa shape index (κ2) is 7.31. The largest absolute Gasteiger partial charge is 0.573 e. The van der Waals surface area contributed by atoms with Crippen LogP contribution in [0.25, 0.3) is 22.4 Å². The number of ether oxygens (including phenoxy) is 1. The molecule has 0 amide bonds. The summed E-state index contributed by atoms with van der Waals surface area (Å²) in [5.41, 5.74) is 7.85. The first-order valence-corrected chi connectivity index (χ1v) is 9.10. The van der Waals surface area contributed by atoms with Crippen LogP contribution in [0.4, 0.5) is 19.0 Å². The van der Waals surface area contributed by atoms with Crippen molar-refractivity contribution in [1.82, 2.24) is 15.0 Å². The molecule has 9 heteroatoms. The Hall–Kier alpha value is -2.81. The number of benzene rings is 1. The van der Waals surface area contributed by atoms with Crippen molar-refractivity contribution in [2.45, 2.75) is 44.1 Å². The fourth-order valence-corrected chi connectivity index (χ4v) is 3.48. The molecule has 2 aromatic heterocycles. The first-order chi connectivity index (χ1) is 13.4. The van der Waals surface area contributed by atoms with Crippen LogP contribution in [0.2, 0.25) is 0 Å². The molecule has 3 aromatic rings. The quantitative estimate of drug-likeness (QED) is 0.620. The molecule has 4 rings (SSSR count). The second-order valence-electron chi connectivity index (χ2n) is 6.97. The molecule has 0 unspecified atom stereocenters. The Bertz CT molecular complexity index is 964. The Morgan fingerprint density at radius 3 is 2.68 bits per heavy atom. The van der Waals surface area contributed by atoms with E-state index in [1.165, 1.54) is 18.2 Å². The van der Waals surface area contributed by atoms with E-state index in [1.54, 1.807) is 18.3 Å². The normalized spacial score (nSPS) is 20.3. The van der Waals surface area contributed by atoms with Crippen molar-refractivity contribution in [3.8, 4) is 17.1 Å². The van der Waals surface area contributed by atoms with E-state index >= 15 is 0 Å². The number of aromatic nitrogens is 3. The van der Waals surface area contributed by atoms with Crippen molar-refractivity contribution in [3.05, 3.63) is 36.5 Å². The van der Waals surface area contributed by atoms with Gasteiger partial charge in [-0.25, -0.2) is 9.97 Å². The molecule has 2 heterocycles. The summed E-state index contributed by atoms with van der Waals surface area (Å²) in [6.45, 7) is 0. The number of pyridine rings is 1. The first-order valence-electron chi connectivity index (χ1n) is 9.10. The number of nitrogens with one attached hydrogen (secondary N) is 2. The number of hydrogen-bond donors (Lipinski definition) is 3. The smallest absolute Gasteiger partial charge is 0.406 e. The zero-order valence-corrected chi connectivity index (χ0v) is 15.0. The molecule has 0 aliphatic heterocycles. The van der Waals surface area contributed by atoms with Crippen LogP contribution >= 0.6 is 0 Å². The zero-order chi connectivity index (χ0) is 19.7. The van der Waals surface area contributed by atoms with Crippen LogP contribution in [0.15, 0.2) is 36.5 Å². The average molecular weight is 391 g/mol. The van der Waals surface area contributed by atoms with Gasteiger partial charge in [0.15, 0.2) is 5.82 Å². The number of nitrogens with two attached hydrogens (primary N) is 1. The number of hydrogen-bond acceptors (Lipinski definition) is 5. The predicted molar refractivity (Wildman–Crippen MR) is 99.9 cm³/mol. The van der Waals surface area contributed by atoms with Gasteiger partial charge in [0.05, 0.1) is 5.52 Å². The van der Waals surface area contributed by atoms with Crippen LogP contribution in [0.3, 0.4) is 0 Å². The molecule has 1 fully saturated rings.